The van der Waals surface area contributed by atoms with Crippen LogP contribution in [0.4, 0.5) is 0 Å². The highest BCUT2D eigenvalue weighted by atomic mass is 16.2. The molecule has 2 atom stereocenters. The molecule has 2 aliphatic rings. The predicted molar refractivity (Wildman–Crippen MR) is 60.2 cm³/mol. The molecule has 0 heterocycles. The second-order valence-electron chi connectivity index (χ2n) is 4.70. The highest BCUT2D eigenvalue weighted by Gasteiger charge is 2.29. The van der Waals surface area contributed by atoms with E-state index in [1.807, 2.05) is 0 Å². The van der Waals surface area contributed by atoms with Gasteiger partial charge in [-0.25, -0.2) is 0 Å². The van der Waals surface area contributed by atoms with E-state index in [9.17, 15) is 4.79 Å². The summed E-state index contributed by atoms with van der Waals surface area (Å²) in [6.07, 6.45) is 10.5. The van der Waals surface area contributed by atoms with Crippen molar-refractivity contribution in [3.05, 3.63) is 12.2 Å². The Morgan fingerprint density at radius 3 is 2.53 bits per heavy atom. The zero-order valence-corrected chi connectivity index (χ0v) is 9.11. The Bertz CT molecular complexity index is 254. The van der Waals surface area contributed by atoms with Crippen LogP contribution in [-0.2, 0) is 4.79 Å². The maximum Gasteiger partial charge on any atom is 0.224 e. The molecule has 84 valence electrons. The minimum absolute atomic E-state index is 0.0550. The fraction of sp³-hybridized carbons (Fsp3) is 0.750. The molecule has 15 heavy (non-hydrogen) atoms. The molecule has 2 rings (SSSR count). The Kier molecular flexibility index (Phi) is 3.41. The molecule has 2 aliphatic carbocycles. The molecule has 0 saturated heterocycles. The van der Waals surface area contributed by atoms with E-state index >= 15 is 0 Å². The zero-order valence-electron chi connectivity index (χ0n) is 9.11. The number of hydrogen-bond acceptors (Lipinski definition) is 2. The Labute approximate surface area is 91.1 Å². The summed E-state index contributed by atoms with van der Waals surface area (Å²) in [5.41, 5.74) is 5.98. The zero-order chi connectivity index (χ0) is 10.7. The molecular weight excluding hydrogens is 188 g/mol. The summed E-state index contributed by atoms with van der Waals surface area (Å²) in [6, 6.07) is 0.403. The lowest BCUT2D eigenvalue weighted by atomic mass is 9.84. The van der Waals surface area contributed by atoms with Gasteiger partial charge in [0.15, 0.2) is 0 Å². The van der Waals surface area contributed by atoms with E-state index in [2.05, 4.69) is 17.5 Å². The second-order valence-corrected chi connectivity index (χ2v) is 4.70. The Balaban J connectivity index is 1.83. The van der Waals surface area contributed by atoms with Crippen molar-refractivity contribution in [1.82, 2.24) is 5.32 Å². The van der Waals surface area contributed by atoms with Crippen LogP contribution in [0.3, 0.4) is 0 Å². The van der Waals surface area contributed by atoms with Gasteiger partial charge in [0.1, 0.15) is 0 Å². The molecule has 0 bridgehead atoms. The van der Waals surface area contributed by atoms with Crippen molar-refractivity contribution in [2.45, 2.75) is 50.6 Å². The van der Waals surface area contributed by atoms with Gasteiger partial charge >= 0.3 is 0 Å². The summed E-state index contributed by atoms with van der Waals surface area (Å²) in [6.45, 7) is 0. The average Bonchev–Trinajstić information content (AvgIpc) is 2.71. The van der Waals surface area contributed by atoms with Crippen LogP contribution >= 0.6 is 0 Å². The first kappa shape index (κ1) is 10.7. The van der Waals surface area contributed by atoms with E-state index < -0.39 is 0 Å². The second kappa shape index (κ2) is 4.79. The van der Waals surface area contributed by atoms with Crippen LogP contribution in [0.5, 0.6) is 0 Å². The minimum atomic E-state index is 0.0550. The third kappa shape index (κ3) is 2.59. The summed E-state index contributed by atoms with van der Waals surface area (Å²) < 4.78 is 0. The lowest BCUT2D eigenvalue weighted by molar-refractivity contribution is -0.127. The van der Waals surface area contributed by atoms with Gasteiger partial charge in [-0.3, -0.25) is 4.79 Å². The molecule has 0 aromatic heterocycles. The van der Waals surface area contributed by atoms with Gasteiger partial charge in [-0.1, -0.05) is 25.0 Å². The Morgan fingerprint density at radius 2 is 1.87 bits per heavy atom. The molecule has 0 aromatic rings. The number of carbonyl (C=O) groups is 1. The Hall–Kier alpha value is -0.830. The van der Waals surface area contributed by atoms with Crippen molar-refractivity contribution < 1.29 is 4.79 Å². The largest absolute Gasteiger partial charge is 0.352 e. The fourth-order valence-electron chi connectivity index (χ4n) is 2.53. The standard InChI is InChI=1S/C12H20N2O/c13-11-8-4-3-7-10(11)12(15)14-9-5-1-2-6-9/h1-2,9-11H,3-8,13H2,(H,14,15). The molecule has 1 fully saturated rings. The van der Waals surface area contributed by atoms with Gasteiger partial charge in [0.05, 0.1) is 5.92 Å². The summed E-state index contributed by atoms with van der Waals surface area (Å²) in [4.78, 5) is 11.9. The molecule has 1 saturated carbocycles. The number of nitrogens with one attached hydrogen (secondary N) is 1. The molecule has 0 radical (unpaired) electrons. The normalized spacial score (nSPS) is 31.8. The van der Waals surface area contributed by atoms with Crippen LogP contribution in [0.1, 0.15) is 38.5 Å². The topological polar surface area (TPSA) is 55.1 Å². The van der Waals surface area contributed by atoms with Crippen molar-refractivity contribution in [1.29, 1.82) is 0 Å². The maximum absolute atomic E-state index is 11.9. The first-order valence-electron chi connectivity index (χ1n) is 5.98. The van der Waals surface area contributed by atoms with Gasteiger partial charge in [-0.05, 0) is 25.7 Å². The van der Waals surface area contributed by atoms with Crippen LogP contribution < -0.4 is 11.1 Å². The first-order chi connectivity index (χ1) is 7.27. The van der Waals surface area contributed by atoms with Gasteiger partial charge in [0, 0.05) is 12.1 Å². The highest BCUT2D eigenvalue weighted by Crippen LogP contribution is 2.23. The molecule has 3 N–H and O–H groups in total. The quantitative estimate of drug-likeness (QED) is 0.673. The maximum atomic E-state index is 11.9. The number of hydrogen-bond donors (Lipinski definition) is 2. The number of nitrogens with two attached hydrogens (primary N) is 1. The van der Waals surface area contributed by atoms with Gasteiger partial charge in [-0.15, -0.1) is 0 Å². The molecule has 3 heteroatoms. The van der Waals surface area contributed by atoms with Crippen LogP contribution in [0.25, 0.3) is 0 Å². The van der Waals surface area contributed by atoms with E-state index in [-0.39, 0.29) is 17.9 Å². The number of amides is 1. The number of carbonyl (C=O) groups excluding carboxylic acids is 1. The fourth-order valence-corrected chi connectivity index (χ4v) is 2.53. The van der Waals surface area contributed by atoms with Crippen molar-refractivity contribution in [2.24, 2.45) is 11.7 Å². The van der Waals surface area contributed by atoms with E-state index in [4.69, 9.17) is 5.73 Å². The Morgan fingerprint density at radius 1 is 1.20 bits per heavy atom. The van der Waals surface area contributed by atoms with Crippen LogP contribution in [0.2, 0.25) is 0 Å². The molecule has 0 aromatic carbocycles. The molecule has 2 unspecified atom stereocenters. The van der Waals surface area contributed by atoms with Crippen molar-refractivity contribution >= 4 is 5.91 Å². The van der Waals surface area contributed by atoms with Gasteiger partial charge in [0.25, 0.3) is 0 Å². The predicted octanol–water partition coefficient (Wildman–Crippen LogP) is 1.34. The van der Waals surface area contributed by atoms with Gasteiger partial charge < -0.3 is 11.1 Å². The van der Waals surface area contributed by atoms with Gasteiger partial charge in [0.2, 0.25) is 5.91 Å². The molecule has 3 nitrogen and oxygen atoms in total. The van der Waals surface area contributed by atoms with E-state index in [1.54, 1.807) is 0 Å². The summed E-state index contributed by atoms with van der Waals surface area (Å²) in [7, 11) is 0. The SMILES string of the molecule is NC1CCCCC1C(=O)NC1CC=CC1. The summed E-state index contributed by atoms with van der Waals surface area (Å²) in [5, 5.41) is 3.10. The number of rotatable bonds is 2. The summed E-state index contributed by atoms with van der Waals surface area (Å²) in [5.74, 6) is 0.232. The molecule has 0 spiro atoms. The van der Waals surface area contributed by atoms with Crippen LogP contribution in [-0.4, -0.2) is 18.0 Å². The van der Waals surface area contributed by atoms with Gasteiger partial charge in [-0.2, -0.15) is 0 Å². The van der Waals surface area contributed by atoms with Crippen molar-refractivity contribution in [3.8, 4) is 0 Å². The third-order valence-electron chi connectivity index (χ3n) is 3.51. The van der Waals surface area contributed by atoms with Crippen molar-refractivity contribution in [2.75, 3.05) is 0 Å². The van der Waals surface area contributed by atoms with Crippen molar-refractivity contribution in [3.63, 3.8) is 0 Å². The third-order valence-corrected chi connectivity index (χ3v) is 3.51. The minimum Gasteiger partial charge on any atom is -0.352 e. The van der Waals surface area contributed by atoms with E-state index in [0.29, 0.717) is 6.04 Å². The lowest BCUT2D eigenvalue weighted by Crippen LogP contribution is -2.46. The molecule has 0 aliphatic heterocycles. The lowest BCUT2D eigenvalue weighted by Gasteiger charge is -2.28. The highest BCUT2D eigenvalue weighted by molar-refractivity contribution is 5.79. The summed E-state index contributed by atoms with van der Waals surface area (Å²) >= 11 is 0. The van der Waals surface area contributed by atoms with Crippen LogP contribution in [0.15, 0.2) is 12.2 Å². The van der Waals surface area contributed by atoms with E-state index in [1.165, 1.54) is 6.42 Å². The smallest absolute Gasteiger partial charge is 0.224 e. The monoisotopic (exact) mass is 208 g/mol. The average molecular weight is 208 g/mol. The van der Waals surface area contributed by atoms with Crippen LogP contribution in [0, 0.1) is 5.92 Å². The molecular formula is C12H20N2O. The van der Waals surface area contributed by atoms with E-state index in [0.717, 1.165) is 32.1 Å². The first-order valence-corrected chi connectivity index (χ1v) is 5.98. The molecule has 1 amide bonds.